The number of aromatic nitrogens is 1. The third-order valence-corrected chi connectivity index (χ3v) is 5.96. The summed E-state index contributed by atoms with van der Waals surface area (Å²) in [5.41, 5.74) is 1.23. The van der Waals surface area contributed by atoms with E-state index in [4.69, 9.17) is 4.74 Å². The molecular formula is C20H17N5O4. The number of hydrogen-bond donors (Lipinski definition) is 0. The molecule has 146 valence electrons. The molecule has 0 N–H and O–H groups in total. The van der Waals surface area contributed by atoms with E-state index in [2.05, 4.69) is 11.1 Å². The van der Waals surface area contributed by atoms with Crippen molar-refractivity contribution in [2.75, 3.05) is 25.2 Å². The SMILES string of the molecule is COCC(=O)N1C[C@@H]2C[C@H]1[C@H]1C(=O)N(c3ccc(C#N)c4ncccc34)C(=O)N21. The van der Waals surface area contributed by atoms with Crippen LogP contribution in [-0.2, 0) is 14.3 Å². The number of fused-ring (bicyclic) bond motifs is 6. The van der Waals surface area contributed by atoms with E-state index in [1.165, 1.54) is 12.0 Å². The summed E-state index contributed by atoms with van der Waals surface area (Å²) in [6.45, 7) is 0.361. The lowest BCUT2D eigenvalue weighted by Crippen LogP contribution is -2.55. The molecule has 3 saturated heterocycles. The minimum absolute atomic E-state index is 0.0479. The Labute approximate surface area is 166 Å². The van der Waals surface area contributed by atoms with E-state index in [-0.39, 0.29) is 36.5 Å². The van der Waals surface area contributed by atoms with Gasteiger partial charge in [-0.1, -0.05) is 0 Å². The fourth-order valence-corrected chi connectivity index (χ4v) is 4.81. The van der Waals surface area contributed by atoms with E-state index in [0.29, 0.717) is 35.1 Å². The first kappa shape index (κ1) is 17.6. The van der Waals surface area contributed by atoms with Crippen LogP contribution in [0.4, 0.5) is 10.5 Å². The molecule has 0 radical (unpaired) electrons. The van der Waals surface area contributed by atoms with Gasteiger partial charge in [0.1, 0.15) is 18.7 Å². The van der Waals surface area contributed by atoms with Crippen LogP contribution in [0.1, 0.15) is 12.0 Å². The number of ether oxygens (including phenoxy) is 1. The molecule has 1 aromatic heterocycles. The van der Waals surface area contributed by atoms with Crippen molar-refractivity contribution >= 4 is 34.4 Å². The van der Waals surface area contributed by atoms with Crippen molar-refractivity contribution in [3.8, 4) is 6.07 Å². The highest BCUT2D eigenvalue weighted by Gasteiger charge is 2.62. The molecule has 5 rings (SSSR count). The molecule has 3 aliphatic heterocycles. The average Bonchev–Trinajstić information content (AvgIpc) is 3.39. The van der Waals surface area contributed by atoms with E-state index in [1.807, 2.05) is 0 Å². The summed E-state index contributed by atoms with van der Waals surface area (Å²) in [6.07, 6.45) is 2.17. The number of amides is 4. The minimum Gasteiger partial charge on any atom is -0.375 e. The lowest BCUT2D eigenvalue weighted by atomic mass is 10.1. The number of benzene rings is 1. The lowest BCUT2D eigenvalue weighted by Gasteiger charge is -2.34. The van der Waals surface area contributed by atoms with Gasteiger partial charge in [-0.2, -0.15) is 5.26 Å². The fourth-order valence-electron chi connectivity index (χ4n) is 4.81. The standard InChI is InChI=1S/C20H17N5O4/c1-29-10-16(26)23-9-12-7-15(23)18-19(27)25(20(28)24(12)18)14-5-4-11(8-21)17-13(14)3-2-6-22-17/h2-6,12,15,18H,7,9-10H2,1H3/t12-,15-,18-/m0/s1. The van der Waals surface area contributed by atoms with Crippen LogP contribution in [-0.4, -0.2) is 71.0 Å². The summed E-state index contributed by atoms with van der Waals surface area (Å²) >= 11 is 0. The minimum atomic E-state index is -0.690. The number of nitrogens with zero attached hydrogens (tertiary/aromatic N) is 5. The lowest BCUT2D eigenvalue weighted by molar-refractivity contribution is -0.139. The van der Waals surface area contributed by atoms with Crippen LogP contribution in [0.25, 0.3) is 10.9 Å². The summed E-state index contributed by atoms with van der Waals surface area (Å²) in [5, 5.41) is 9.90. The molecule has 29 heavy (non-hydrogen) atoms. The summed E-state index contributed by atoms with van der Waals surface area (Å²) in [4.78, 5) is 47.5. The van der Waals surface area contributed by atoms with Gasteiger partial charge in [-0.25, -0.2) is 9.69 Å². The molecule has 1 aromatic carbocycles. The Hall–Kier alpha value is -3.51. The molecule has 9 heteroatoms. The van der Waals surface area contributed by atoms with Gasteiger partial charge in [0.15, 0.2) is 0 Å². The first-order chi connectivity index (χ1) is 14.1. The normalized spacial score (nSPS) is 25.1. The molecule has 2 aromatic rings. The number of methoxy groups -OCH3 is 1. The second kappa shape index (κ2) is 6.25. The van der Waals surface area contributed by atoms with Gasteiger partial charge in [0.25, 0.3) is 5.91 Å². The Balaban J connectivity index is 1.55. The molecule has 0 unspecified atom stereocenters. The monoisotopic (exact) mass is 391 g/mol. The Morgan fingerprint density at radius 3 is 2.93 bits per heavy atom. The number of rotatable bonds is 3. The first-order valence-electron chi connectivity index (χ1n) is 9.29. The molecule has 3 fully saturated rings. The number of carbonyl (C=O) groups excluding carboxylic acids is 3. The highest BCUT2D eigenvalue weighted by molar-refractivity contribution is 6.25. The van der Waals surface area contributed by atoms with Crippen LogP contribution < -0.4 is 4.90 Å². The highest BCUT2D eigenvalue weighted by Crippen LogP contribution is 2.43. The van der Waals surface area contributed by atoms with Crippen molar-refractivity contribution in [2.45, 2.75) is 24.5 Å². The Morgan fingerprint density at radius 2 is 2.17 bits per heavy atom. The van der Waals surface area contributed by atoms with Gasteiger partial charge in [-0.05, 0) is 30.7 Å². The maximum absolute atomic E-state index is 13.3. The molecule has 3 aliphatic rings. The summed E-state index contributed by atoms with van der Waals surface area (Å²) in [6, 6.07) is 7.10. The number of likely N-dealkylation sites (tertiary alicyclic amines) is 1. The largest absolute Gasteiger partial charge is 0.375 e. The number of anilines is 1. The van der Waals surface area contributed by atoms with Gasteiger partial charge in [-0.3, -0.25) is 14.6 Å². The zero-order valence-electron chi connectivity index (χ0n) is 15.6. The number of pyridine rings is 1. The number of piperazine rings is 1. The van der Waals surface area contributed by atoms with Gasteiger partial charge < -0.3 is 14.5 Å². The second-order valence-electron chi connectivity index (χ2n) is 7.39. The molecule has 0 spiro atoms. The third kappa shape index (κ3) is 2.29. The van der Waals surface area contributed by atoms with Crippen LogP contribution >= 0.6 is 0 Å². The van der Waals surface area contributed by atoms with Crippen LogP contribution in [0.15, 0.2) is 30.5 Å². The van der Waals surface area contributed by atoms with E-state index in [0.717, 1.165) is 0 Å². The van der Waals surface area contributed by atoms with E-state index < -0.39 is 6.04 Å². The van der Waals surface area contributed by atoms with Crippen molar-refractivity contribution in [1.29, 1.82) is 5.26 Å². The van der Waals surface area contributed by atoms with Crippen LogP contribution in [0, 0.1) is 11.3 Å². The highest BCUT2D eigenvalue weighted by atomic mass is 16.5. The van der Waals surface area contributed by atoms with E-state index >= 15 is 0 Å². The smallest absolute Gasteiger partial charge is 0.332 e. The van der Waals surface area contributed by atoms with E-state index in [1.54, 1.807) is 40.3 Å². The quantitative estimate of drug-likeness (QED) is 0.719. The van der Waals surface area contributed by atoms with Gasteiger partial charge in [0.2, 0.25) is 5.91 Å². The van der Waals surface area contributed by atoms with Crippen molar-refractivity contribution in [3.05, 3.63) is 36.0 Å². The van der Waals surface area contributed by atoms with Gasteiger partial charge in [0.05, 0.1) is 28.9 Å². The maximum atomic E-state index is 13.3. The predicted octanol–water partition coefficient (Wildman–Crippen LogP) is 0.873. The molecule has 4 amide bonds. The molecule has 9 nitrogen and oxygen atoms in total. The van der Waals surface area contributed by atoms with Gasteiger partial charge >= 0.3 is 6.03 Å². The number of hydrogen-bond acceptors (Lipinski definition) is 6. The predicted molar refractivity (Wildman–Crippen MR) is 101 cm³/mol. The van der Waals surface area contributed by atoms with Crippen molar-refractivity contribution in [2.24, 2.45) is 0 Å². The van der Waals surface area contributed by atoms with Crippen LogP contribution in [0.3, 0.4) is 0 Å². The second-order valence-corrected chi connectivity index (χ2v) is 7.39. The topological polar surface area (TPSA) is 107 Å². The summed E-state index contributed by atoms with van der Waals surface area (Å²) < 4.78 is 4.94. The molecule has 0 saturated carbocycles. The van der Waals surface area contributed by atoms with Gasteiger partial charge in [0, 0.05) is 25.2 Å². The molecule has 3 atom stereocenters. The summed E-state index contributed by atoms with van der Waals surface area (Å²) in [7, 11) is 1.45. The number of imide groups is 1. The number of urea groups is 1. The van der Waals surface area contributed by atoms with Crippen molar-refractivity contribution in [1.82, 2.24) is 14.8 Å². The number of carbonyl (C=O) groups is 3. The molecule has 2 bridgehead atoms. The molecule has 4 heterocycles. The third-order valence-electron chi connectivity index (χ3n) is 5.96. The molecular weight excluding hydrogens is 374 g/mol. The van der Waals surface area contributed by atoms with Gasteiger partial charge in [-0.15, -0.1) is 0 Å². The number of nitriles is 1. The Bertz CT molecular complexity index is 1110. The molecule has 0 aliphatic carbocycles. The van der Waals surface area contributed by atoms with Crippen molar-refractivity contribution < 1.29 is 19.1 Å². The zero-order valence-corrected chi connectivity index (χ0v) is 15.6. The Kier molecular flexibility index (Phi) is 3.79. The summed E-state index contributed by atoms with van der Waals surface area (Å²) in [5.74, 6) is -0.529. The zero-order chi connectivity index (χ0) is 20.3. The Morgan fingerprint density at radius 1 is 1.34 bits per heavy atom. The van der Waals surface area contributed by atoms with Crippen LogP contribution in [0.5, 0.6) is 0 Å². The van der Waals surface area contributed by atoms with E-state index in [9.17, 15) is 19.6 Å². The van der Waals surface area contributed by atoms with Crippen LogP contribution in [0.2, 0.25) is 0 Å². The fraction of sp³-hybridized carbons (Fsp3) is 0.350. The average molecular weight is 391 g/mol. The van der Waals surface area contributed by atoms with Crippen molar-refractivity contribution in [3.63, 3.8) is 0 Å². The maximum Gasteiger partial charge on any atom is 0.332 e. The first-order valence-corrected chi connectivity index (χ1v) is 9.29.